The number of halogens is 2. The summed E-state index contributed by atoms with van der Waals surface area (Å²) in [6.07, 6.45) is 12.3. The van der Waals surface area contributed by atoms with Crippen LogP contribution in [0.3, 0.4) is 0 Å². The standard InChI is InChI=1S/C12H18I2/c13-10-7-9(10)1-2-11(3-4-11)8-12(14)5-6-12/h9-10H,1-8H2/t9-,10+/m0/s1. The summed E-state index contributed by atoms with van der Waals surface area (Å²) in [5.41, 5.74) is 0.844. The van der Waals surface area contributed by atoms with Crippen LogP contribution in [0.25, 0.3) is 0 Å². The summed E-state index contributed by atoms with van der Waals surface area (Å²) in [6, 6.07) is 0. The van der Waals surface area contributed by atoms with Crippen molar-refractivity contribution in [3.05, 3.63) is 0 Å². The van der Waals surface area contributed by atoms with E-state index >= 15 is 0 Å². The largest absolute Gasteiger partial charge is 0.0823 e. The fourth-order valence-corrected chi connectivity index (χ4v) is 4.77. The van der Waals surface area contributed by atoms with Crippen LogP contribution in [0.5, 0.6) is 0 Å². The molecule has 80 valence electrons. The zero-order valence-electron chi connectivity index (χ0n) is 8.57. The Labute approximate surface area is 114 Å². The summed E-state index contributed by atoms with van der Waals surface area (Å²) in [4.78, 5) is 0. The maximum Gasteiger partial charge on any atom is 0.0228 e. The lowest BCUT2D eigenvalue weighted by Crippen LogP contribution is -2.10. The summed E-state index contributed by atoms with van der Waals surface area (Å²) in [5.74, 6) is 1.11. The molecule has 0 aromatic heterocycles. The van der Waals surface area contributed by atoms with E-state index in [0.29, 0.717) is 0 Å². The molecule has 3 fully saturated rings. The quantitative estimate of drug-likeness (QED) is 0.449. The monoisotopic (exact) mass is 416 g/mol. The highest BCUT2D eigenvalue weighted by Gasteiger charge is 2.52. The second-order valence-electron chi connectivity index (χ2n) is 5.88. The lowest BCUT2D eigenvalue weighted by molar-refractivity contribution is 0.398. The van der Waals surface area contributed by atoms with E-state index in [9.17, 15) is 0 Å². The van der Waals surface area contributed by atoms with Gasteiger partial charge in [0.15, 0.2) is 0 Å². The number of hydrogen-bond acceptors (Lipinski definition) is 0. The molecule has 0 nitrogen and oxygen atoms in total. The minimum atomic E-state index is 0.765. The van der Waals surface area contributed by atoms with E-state index in [-0.39, 0.29) is 0 Å². The smallest absolute Gasteiger partial charge is 0.0228 e. The molecule has 0 spiro atoms. The number of rotatable bonds is 5. The second-order valence-corrected chi connectivity index (χ2v) is 9.77. The molecule has 2 atom stereocenters. The van der Waals surface area contributed by atoms with Crippen molar-refractivity contribution >= 4 is 45.2 Å². The molecule has 3 aliphatic rings. The highest BCUT2D eigenvalue weighted by atomic mass is 127. The molecule has 0 aromatic carbocycles. The summed E-state index contributed by atoms with van der Waals surface area (Å²) in [6.45, 7) is 0. The third-order valence-corrected chi connectivity index (χ3v) is 7.31. The maximum atomic E-state index is 2.73. The highest BCUT2D eigenvalue weighted by molar-refractivity contribution is 14.1. The average molecular weight is 416 g/mol. The van der Waals surface area contributed by atoms with Gasteiger partial charge in [-0.1, -0.05) is 45.2 Å². The second kappa shape index (κ2) is 3.47. The van der Waals surface area contributed by atoms with Crippen molar-refractivity contribution in [1.29, 1.82) is 0 Å². The van der Waals surface area contributed by atoms with Crippen LogP contribution in [0.15, 0.2) is 0 Å². The van der Waals surface area contributed by atoms with Gasteiger partial charge in [0.2, 0.25) is 0 Å². The predicted octanol–water partition coefficient (Wildman–Crippen LogP) is 4.73. The van der Waals surface area contributed by atoms with E-state index in [4.69, 9.17) is 0 Å². The SMILES string of the molecule is I[C@@H]1C[C@@H]1CCC1(CC2(I)CC2)CC1. The Bertz CT molecular complexity index is 241. The molecule has 0 bridgehead atoms. The Morgan fingerprint density at radius 3 is 2.21 bits per heavy atom. The van der Waals surface area contributed by atoms with Crippen LogP contribution >= 0.6 is 45.2 Å². The summed E-state index contributed by atoms with van der Waals surface area (Å²) in [7, 11) is 0. The van der Waals surface area contributed by atoms with Crippen molar-refractivity contribution in [3.8, 4) is 0 Å². The van der Waals surface area contributed by atoms with Crippen LogP contribution < -0.4 is 0 Å². The van der Waals surface area contributed by atoms with Gasteiger partial charge >= 0.3 is 0 Å². The van der Waals surface area contributed by atoms with E-state index in [0.717, 1.165) is 18.7 Å². The number of alkyl halides is 2. The van der Waals surface area contributed by atoms with Crippen molar-refractivity contribution in [3.63, 3.8) is 0 Å². The van der Waals surface area contributed by atoms with Crippen LogP contribution in [-0.4, -0.2) is 7.35 Å². The molecule has 0 N–H and O–H groups in total. The van der Waals surface area contributed by atoms with Gasteiger partial charge in [-0.3, -0.25) is 0 Å². The van der Waals surface area contributed by atoms with Crippen molar-refractivity contribution in [2.45, 2.75) is 58.7 Å². The van der Waals surface area contributed by atoms with Gasteiger partial charge < -0.3 is 0 Å². The topological polar surface area (TPSA) is 0 Å². The summed E-state index contributed by atoms with van der Waals surface area (Å²) >= 11 is 5.36. The Morgan fingerprint density at radius 1 is 1.14 bits per heavy atom. The van der Waals surface area contributed by atoms with Gasteiger partial charge in [-0.25, -0.2) is 0 Å². The first-order valence-electron chi connectivity index (χ1n) is 5.94. The van der Waals surface area contributed by atoms with E-state index in [1.165, 1.54) is 19.3 Å². The lowest BCUT2D eigenvalue weighted by atomic mass is 9.92. The average Bonchev–Trinajstić information content (AvgIpc) is 2.97. The van der Waals surface area contributed by atoms with E-state index in [2.05, 4.69) is 45.2 Å². The predicted molar refractivity (Wildman–Crippen MR) is 77.4 cm³/mol. The van der Waals surface area contributed by atoms with Gasteiger partial charge in [0.1, 0.15) is 0 Å². The van der Waals surface area contributed by atoms with Gasteiger partial charge in [0, 0.05) is 7.35 Å². The minimum Gasteiger partial charge on any atom is -0.0823 e. The molecule has 2 heteroatoms. The molecule has 0 aromatic rings. The first kappa shape index (κ1) is 10.6. The molecule has 3 rings (SSSR count). The first-order valence-corrected chi connectivity index (χ1v) is 8.26. The van der Waals surface area contributed by atoms with Crippen molar-refractivity contribution < 1.29 is 0 Å². The molecule has 0 aliphatic heterocycles. The Balaban J connectivity index is 1.46. The van der Waals surface area contributed by atoms with Crippen molar-refractivity contribution in [1.82, 2.24) is 0 Å². The van der Waals surface area contributed by atoms with Crippen LogP contribution in [0.1, 0.15) is 51.4 Å². The fraction of sp³-hybridized carbons (Fsp3) is 1.00. The molecular formula is C12H18I2. The molecule has 0 radical (unpaired) electrons. The lowest BCUT2D eigenvalue weighted by Gasteiger charge is -2.18. The number of hydrogen-bond donors (Lipinski definition) is 0. The van der Waals surface area contributed by atoms with E-state index in [1.54, 1.807) is 32.1 Å². The third kappa shape index (κ3) is 2.41. The first-order chi connectivity index (χ1) is 6.61. The Kier molecular flexibility index (Phi) is 2.63. The molecule has 14 heavy (non-hydrogen) atoms. The van der Waals surface area contributed by atoms with Gasteiger partial charge in [-0.2, -0.15) is 0 Å². The van der Waals surface area contributed by atoms with Crippen LogP contribution in [0.4, 0.5) is 0 Å². The zero-order valence-corrected chi connectivity index (χ0v) is 12.9. The summed E-state index contributed by atoms with van der Waals surface area (Å²) in [5, 5.41) is 0. The highest BCUT2D eigenvalue weighted by Crippen LogP contribution is 2.63. The van der Waals surface area contributed by atoms with Gasteiger partial charge in [0.25, 0.3) is 0 Å². The molecule has 3 aliphatic carbocycles. The normalized spacial score (nSPS) is 40.7. The van der Waals surface area contributed by atoms with Gasteiger partial charge in [-0.15, -0.1) is 0 Å². The molecule has 3 saturated carbocycles. The molecule has 0 saturated heterocycles. The Morgan fingerprint density at radius 2 is 1.79 bits per heavy atom. The van der Waals surface area contributed by atoms with Crippen molar-refractivity contribution in [2.75, 3.05) is 0 Å². The van der Waals surface area contributed by atoms with Crippen LogP contribution in [0.2, 0.25) is 0 Å². The fourth-order valence-electron chi connectivity index (χ4n) is 2.68. The molecular weight excluding hydrogens is 398 g/mol. The van der Waals surface area contributed by atoms with E-state index < -0.39 is 0 Å². The summed E-state index contributed by atoms with van der Waals surface area (Å²) < 4.78 is 1.81. The molecule has 0 unspecified atom stereocenters. The van der Waals surface area contributed by atoms with Crippen LogP contribution in [-0.2, 0) is 0 Å². The van der Waals surface area contributed by atoms with E-state index in [1.807, 2.05) is 0 Å². The zero-order chi connectivity index (χ0) is 9.81. The Hall–Kier alpha value is 1.46. The minimum absolute atomic E-state index is 0.765. The van der Waals surface area contributed by atoms with Gasteiger partial charge in [0.05, 0.1) is 0 Å². The molecule has 0 heterocycles. The molecule has 0 amide bonds. The third-order valence-electron chi connectivity index (χ3n) is 4.32. The van der Waals surface area contributed by atoms with Crippen LogP contribution in [0, 0.1) is 11.3 Å². The van der Waals surface area contributed by atoms with Crippen molar-refractivity contribution in [2.24, 2.45) is 11.3 Å². The van der Waals surface area contributed by atoms with Gasteiger partial charge in [-0.05, 0) is 62.7 Å². The maximum absolute atomic E-state index is 2.73.